The maximum Gasteiger partial charge on any atom is 0.257 e. The molecule has 0 radical (unpaired) electrons. The number of nitrogens with zero attached hydrogens (tertiary/aromatic N) is 6. The van der Waals surface area contributed by atoms with Crippen LogP contribution in [0.15, 0.2) is 18.5 Å². The Hall–Kier alpha value is -3.16. The molecule has 0 aliphatic heterocycles. The molecule has 10 heteroatoms. The third kappa shape index (κ3) is 4.22. The first-order valence-electron chi connectivity index (χ1n) is 9.90. The molecule has 1 aliphatic rings. The van der Waals surface area contributed by atoms with Crippen LogP contribution in [-0.2, 0) is 16.0 Å². The molecule has 0 bridgehead atoms. The fraction of sp³-hybridized carbons (Fsp3) is 0.500. The van der Waals surface area contributed by atoms with Crippen LogP contribution in [0.4, 0.5) is 11.6 Å². The molecule has 1 unspecified atom stereocenters. The fourth-order valence-corrected chi connectivity index (χ4v) is 3.26. The first-order chi connectivity index (χ1) is 14.6. The Morgan fingerprint density at radius 3 is 2.87 bits per heavy atom. The van der Waals surface area contributed by atoms with Crippen molar-refractivity contribution in [3.05, 3.63) is 24.2 Å². The Morgan fingerprint density at radius 1 is 1.33 bits per heavy atom. The molecule has 0 saturated heterocycles. The van der Waals surface area contributed by atoms with Crippen molar-refractivity contribution in [1.29, 1.82) is 5.26 Å². The van der Waals surface area contributed by atoms with E-state index in [4.69, 9.17) is 14.2 Å². The van der Waals surface area contributed by atoms with E-state index in [1.807, 2.05) is 17.7 Å². The van der Waals surface area contributed by atoms with Crippen molar-refractivity contribution in [2.24, 2.45) is 0 Å². The van der Waals surface area contributed by atoms with Gasteiger partial charge in [0.15, 0.2) is 0 Å². The lowest BCUT2D eigenvalue weighted by molar-refractivity contribution is 0.163. The number of anilines is 2. The summed E-state index contributed by atoms with van der Waals surface area (Å²) in [5.74, 6) is 0.932. The Balaban J connectivity index is 1.66. The van der Waals surface area contributed by atoms with Crippen LogP contribution in [-0.4, -0.2) is 57.9 Å². The van der Waals surface area contributed by atoms with Gasteiger partial charge in [0.1, 0.15) is 29.2 Å². The van der Waals surface area contributed by atoms with Crippen molar-refractivity contribution in [3.8, 4) is 11.9 Å². The minimum atomic E-state index is -0.0459. The van der Waals surface area contributed by atoms with Gasteiger partial charge in [0.05, 0.1) is 32.0 Å². The summed E-state index contributed by atoms with van der Waals surface area (Å²) in [6, 6.07) is 3.97. The molecule has 1 N–H and O–H groups in total. The molecule has 0 amide bonds. The van der Waals surface area contributed by atoms with E-state index in [9.17, 15) is 5.26 Å². The second-order valence-electron chi connectivity index (χ2n) is 7.33. The van der Waals surface area contributed by atoms with Gasteiger partial charge < -0.3 is 24.1 Å². The van der Waals surface area contributed by atoms with Crippen LogP contribution >= 0.6 is 0 Å². The summed E-state index contributed by atoms with van der Waals surface area (Å²) >= 11 is 0. The maximum atomic E-state index is 9.53. The van der Waals surface area contributed by atoms with Crippen molar-refractivity contribution < 1.29 is 14.2 Å². The Kier molecular flexibility index (Phi) is 5.83. The highest BCUT2D eigenvalue weighted by atomic mass is 16.5. The largest absolute Gasteiger partial charge is 0.472 e. The summed E-state index contributed by atoms with van der Waals surface area (Å²) in [7, 11) is 3.29. The van der Waals surface area contributed by atoms with Crippen LogP contribution in [0.1, 0.15) is 31.5 Å². The van der Waals surface area contributed by atoms with Crippen LogP contribution in [0, 0.1) is 11.3 Å². The Bertz CT molecular complexity index is 1060. The van der Waals surface area contributed by atoms with Gasteiger partial charge in [0, 0.05) is 25.8 Å². The number of fused-ring (bicyclic) bond motifs is 1. The van der Waals surface area contributed by atoms with Crippen LogP contribution in [0.5, 0.6) is 5.88 Å². The van der Waals surface area contributed by atoms with Gasteiger partial charge >= 0.3 is 0 Å². The highest BCUT2D eigenvalue weighted by Gasteiger charge is 2.26. The highest BCUT2D eigenvalue weighted by Crippen LogP contribution is 2.32. The van der Waals surface area contributed by atoms with E-state index in [-0.39, 0.29) is 12.1 Å². The predicted molar refractivity (Wildman–Crippen MR) is 110 cm³/mol. The Labute approximate surface area is 174 Å². The number of nitriles is 1. The number of nitrogens with one attached hydrogen (secondary N) is 1. The molecule has 10 nitrogen and oxygen atoms in total. The van der Waals surface area contributed by atoms with Gasteiger partial charge in [-0.2, -0.15) is 10.2 Å². The minimum Gasteiger partial charge on any atom is -0.472 e. The third-order valence-electron chi connectivity index (χ3n) is 4.84. The topological polar surface area (TPSA) is 112 Å². The molecule has 0 spiro atoms. The summed E-state index contributed by atoms with van der Waals surface area (Å²) < 4.78 is 20.0. The molecular weight excluding hydrogens is 386 g/mol. The van der Waals surface area contributed by atoms with E-state index < -0.39 is 0 Å². The average molecular weight is 411 g/mol. The van der Waals surface area contributed by atoms with Gasteiger partial charge in [-0.05, 0) is 25.8 Å². The van der Waals surface area contributed by atoms with E-state index in [2.05, 4.69) is 26.5 Å². The molecule has 1 fully saturated rings. The summed E-state index contributed by atoms with van der Waals surface area (Å²) in [6.07, 6.45) is 5.85. The minimum absolute atomic E-state index is 0.0459. The summed E-state index contributed by atoms with van der Waals surface area (Å²) in [5, 5.41) is 18.1. The Morgan fingerprint density at radius 2 is 2.17 bits per heavy atom. The number of ether oxygens (including phenoxy) is 3. The third-order valence-corrected chi connectivity index (χ3v) is 4.84. The maximum absolute atomic E-state index is 9.53. The lowest BCUT2D eigenvalue weighted by Gasteiger charge is -2.15. The van der Waals surface area contributed by atoms with E-state index >= 15 is 0 Å². The molecular formula is C20H25N7O3. The van der Waals surface area contributed by atoms with Crippen molar-refractivity contribution >= 4 is 22.7 Å². The zero-order chi connectivity index (χ0) is 21.1. The molecule has 158 valence electrons. The first-order valence-corrected chi connectivity index (χ1v) is 9.90. The molecule has 30 heavy (non-hydrogen) atoms. The summed E-state index contributed by atoms with van der Waals surface area (Å²) in [4.78, 5) is 9.08. The van der Waals surface area contributed by atoms with Crippen molar-refractivity contribution in [2.75, 3.05) is 32.8 Å². The van der Waals surface area contributed by atoms with Crippen LogP contribution in [0.2, 0.25) is 0 Å². The van der Waals surface area contributed by atoms with Crippen molar-refractivity contribution in [3.63, 3.8) is 0 Å². The van der Waals surface area contributed by atoms with E-state index in [1.54, 1.807) is 31.2 Å². The number of aromatic nitrogens is 5. The smallest absolute Gasteiger partial charge is 0.257 e. The second-order valence-corrected chi connectivity index (χ2v) is 7.33. The van der Waals surface area contributed by atoms with Gasteiger partial charge in [0.25, 0.3) is 5.88 Å². The number of methoxy groups -OCH3 is 2. The lowest BCUT2D eigenvalue weighted by Crippen LogP contribution is -2.13. The first kappa shape index (κ1) is 20.1. The van der Waals surface area contributed by atoms with Crippen LogP contribution in [0.25, 0.3) is 11.0 Å². The number of rotatable bonds is 10. The van der Waals surface area contributed by atoms with Gasteiger partial charge in [-0.25, -0.2) is 4.98 Å². The van der Waals surface area contributed by atoms with Crippen molar-refractivity contribution in [1.82, 2.24) is 24.3 Å². The molecule has 1 saturated carbocycles. The van der Waals surface area contributed by atoms with Crippen LogP contribution in [0.3, 0.4) is 0 Å². The molecule has 3 heterocycles. The SMILES string of the molecule is COCCn1cc(Nc2ncc3cc(C#N)n(C(C)COC)c3n2)c(OC2CC2)n1. The van der Waals surface area contributed by atoms with Gasteiger partial charge in [-0.3, -0.25) is 4.68 Å². The van der Waals surface area contributed by atoms with Gasteiger partial charge in [0.2, 0.25) is 5.95 Å². The zero-order valence-corrected chi connectivity index (χ0v) is 17.3. The average Bonchev–Trinajstić information content (AvgIpc) is 3.36. The molecule has 3 aromatic heterocycles. The van der Waals surface area contributed by atoms with Gasteiger partial charge in [-0.15, -0.1) is 5.10 Å². The number of hydrogen-bond donors (Lipinski definition) is 1. The summed E-state index contributed by atoms with van der Waals surface area (Å²) in [5.41, 5.74) is 1.89. The van der Waals surface area contributed by atoms with Crippen LogP contribution < -0.4 is 10.1 Å². The second kappa shape index (κ2) is 8.69. The normalized spacial score (nSPS) is 14.6. The molecule has 1 atom stereocenters. The standard InChI is InChI=1S/C20H25N7O3/c1-13(12-29-3)27-15(9-21)8-14-10-22-20(24-18(14)27)23-17-11-26(6-7-28-2)25-19(17)30-16-4-5-16/h8,10-11,13,16H,4-7,12H2,1-3H3,(H,22,23,24). The number of hydrogen-bond acceptors (Lipinski definition) is 8. The predicted octanol–water partition coefficient (Wildman–Crippen LogP) is 2.64. The molecule has 4 rings (SSSR count). The van der Waals surface area contributed by atoms with Gasteiger partial charge in [-0.1, -0.05) is 0 Å². The molecule has 0 aromatic carbocycles. The molecule has 3 aromatic rings. The molecule has 1 aliphatic carbocycles. The zero-order valence-electron chi connectivity index (χ0n) is 17.3. The fourth-order valence-electron chi connectivity index (χ4n) is 3.26. The van der Waals surface area contributed by atoms with E-state index in [0.717, 1.165) is 18.2 Å². The monoisotopic (exact) mass is 411 g/mol. The van der Waals surface area contributed by atoms with E-state index in [1.165, 1.54) is 0 Å². The lowest BCUT2D eigenvalue weighted by atomic mass is 10.3. The summed E-state index contributed by atoms with van der Waals surface area (Å²) in [6.45, 7) is 3.62. The quantitative estimate of drug-likeness (QED) is 0.542. The van der Waals surface area contributed by atoms with Crippen molar-refractivity contribution in [2.45, 2.75) is 38.5 Å². The van der Waals surface area contributed by atoms with E-state index in [0.29, 0.717) is 48.6 Å². The highest BCUT2D eigenvalue weighted by molar-refractivity contribution is 5.79.